The monoisotopic (exact) mass is 437 g/mol. The first-order valence-corrected chi connectivity index (χ1v) is 11.4. The molecule has 4 heteroatoms. The number of nitrogens with one attached hydrogen (secondary N) is 1. The van der Waals surface area contributed by atoms with Crippen LogP contribution in [0.2, 0.25) is 0 Å². The lowest BCUT2D eigenvalue weighted by Gasteiger charge is -2.33. The Morgan fingerprint density at radius 1 is 0.879 bits per heavy atom. The molecule has 0 spiro atoms. The molecule has 166 valence electrons. The van der Waals surface area contributed by atoms with Crippen LogP contribution in [0.5, 0.6) is 0 Å². The highest BCUT2D eigenvalue weighted by Gasteiger charge is 2.27. The van der Waals surface area contributed by atoms with E-state index in [4.69, 9.17) is 4.74 Å². The summed E-state index contributed by atoms with van der Waals surface area (Å²) in [5.41, 5.74) is 4.66. The van der Waals surface area contributed by atoms with E-state index in [-0.39, 0.29) is 12.0 Å². The van der Waals surface area contributed by atoms with Crippen molar-refractivity contribution in [1.29, 1.82) is 0 Å². The molecule has 1 aliphatic heterocycles. The van der Waals surface area contributed by atoms with Crippen LogP contribution in [0, 0.1) is 0 Å². The van der Waals surface area contributed by atoms with Gasteiger partial charge in [0.15, 0.2) is 0 Å². The van der Waals surface area contributed by atoms with Crippen LogP contribution in [-0.2, 0) is 11.3 Å². The quantitative estimate of drug-likeness (QED) is 0.396. The van der Waals surface area contributed by atoms with Gasteiger partial charge in [-0.1, -0.05) is 72.8 Å². The number of benzene rings is 4. The molecular formula is C29H27NO3. The summed E-state index contributed by atoms with van der Waals surface area (Å²) in [4.78, 5) is 11.4. The second-order valence-corrected chi connectivity index (χ2v) is 8.64. The van der Waals surface area contributed by atoms with Crippen molar-refractivity contribution < 1.29 is 14.6 Å². The second kappa shape index (κ2) is 9.57. The number of hydrogen-bond donors (Lipinski definition) is 2. The third kappa shape index (κ3) is 4.82. The molecule has 4 aromatic carbocycles. The average Bonchev–Trinajstić information content (AvgIpc) is 2.87. The van der Waals surface area contributed by atoms with Gasteiger partial charge < -0.3 is 15.2 Å². The Morgan fingerprint density at radius 2 is 1.67 bits per heavy atom. The lowest BCUT2D eigenvalue weighted by atomic mass is 9.86. The molecule has 5 rings (SSSR count). The van der Waals surface area contributed by atoms with E-state index < -0.39 is 5.97 Å². The second-order valence-electron chi connectivity index (χ2n) is 8.64. The Bertz CT molecular complexity index is 1280. The van der Waals surface area contributed by atoms with Gasteiger partial charge in [0.25, 0.3) is 0 Å². The summed E-state index contributed by atoms with van der Waals surface area (Å²) in [6, 6.07) is 30.4. The van der Waals surface area contributed by atoms with Gasteiger partial charge in [0, 0.05) is 12.5 Å². The molecule has 4 nitrogen and oxygen atoms in total. The van der Waals surface area contributed by atoms with Gasteiger partial charge in [-0.15, -0.1) is 0 Å². The Kier molecular flexibility index (Phi) is 6.20. The fourth-order valence-electron chi connectivity index (χ4n) is 4.70. The maximum absolute atomic E-state index is 11.4. The van der Waals surface area contributed by atoms with Crippen LogP contribution < -0.4 is 5.32 Å². The molecule has 0 saturated carbocycles. The van der Waals surface area contributed by atoms with E-state index in [9.17, 15) is 9.90 Å². The largest absolute Gasteiger partial charge is 0.478 e. The van der Waals surface area contributed by atoms with Crippen molar-refractivity contribution in [2.45, 2.75) is 25.0 Å². The topological polar surface area (TPSA) is 58.6 Å². The van der Waals surface area contributed by atoms with Gasteiger partial charge in [0.2, 0.25) is 0 Å². The smallest absolute Gasteiger partial charge is 0.335 e. The van der Waals surface area contributed by atoms with Crippen LogP contribution >= 0.6 is 0 Å². The molecule has 2 N–H and O–H groups in total. The van der Waals surface area contributed by atoms with Crippen molar-refractivity contribution >= 4 is 16.7 Å². The zero-order valence-electron chi connectivity index (χ0n) is 18.4. The summed E-state index contributed by atoms with van der Waals surface area (Å²) in [5.74, 6) is -0.622. The Hall–Kier alpha value is -3.47. The van der Waals surface area contributed by atoms with E-state index in [0.717, 1.165) is 30.6 Å². The number of fused-ring (bicyclic) bond motifs is 1. The highest BCUT2D eigenvalue weighted by Crippen LogP contribution is 2.32. The molecule has 2 atom stereocenters. The lowest BCUT2D eigenvalue weighted by Crippen LogP contribution is -2.41. The van der Waals surface area contributed by atoms with Gasteiger partial charge in [0.05, 0.1) is 18.3 Å². The Morgan fingerprint density at radius 3 is 2.52 bits per heavy atom. The summed E-state index contributed by atoms with van der Waals surface area (Å²) in [7, 11) is 0. The number of rotatable bonds is 6. The molecule has 2 unspecified atom stereocenters. The fourth-order valence-corrected chi connectivity index (χ4v) is 4.70. The molecule has 4 aromatic rings. The number of piperidine rings is 1. The van der Waals surface area contributed by atoms with Crippen LogP contribution in [0.1, 0.15) is 33.8 Å². The van der Waals surface area contributed by atoms with Crippen molar-refractivity contribution in [2.75, 3.05) is 13.1 Å². The first-order chi connectivity index (χ1) is 16.2. The first-order valence-electron chi connectivity index (χ1n) is 11.4. The van der Waals surface area contributed by atoms with Crippen molar-refractivity contribution in [2.24, 2.45) is 0 Å². The summed E-state index contributed by atoms with van der Waals surface area (Å²) >= 11 is 0. The Balaban J connectivity index is 1.35. The molecule has 0 radical (unpaired) electrons. The normalized spacial score (nSPS) is 18.3. The Labute approximate surface area is 193 Å². The van der Waals surface area contributed by atoms with E-state index in [0.29, 0.717) is 12.2 Å². The minimum absolute atomic E-state index is 0.0748. The van der Waals surface area contributed by atoms with E-state index >= 15 is 0 Å². The lowest BCUT2D eigenvalue weighted by molar-refractivity contribution is 0.0107. The molecule has 0 amide bonds. The summed E-state index contributed by atoms with van der Waals surface area (Å²) in [5, 5.41) is 15.3. The predicted octanol–water partition coefficient (Wildman–Crippen LogP) is 5.87. The third-order valence-corrected chi connectivity index (χ3v) is 6.46. The van der Waals surface area contributed by atoms with Crippen molar-refractivity contribution in [3.63, 3.8) is 0 Å². The van der Waals surface area contributed by atoms with E-state index in [2.05, 4.69) is 66.0 Å². The molecular weight excluding hydrogens is 410 g/mol. The predicted molar refractivity (Wildman–Crippen MR) is 132 cm³/mol. The highest BCUT2D eigenvalue weighted by molar-refractivity contribution is 5.89. The fraction of sp³-hybridized carbons (Fsp3) is 0.207. The molecule has 33 heavy (non-hydrogen) atoms. The molecule has 1 fully saturated rings. The summed E-state index contributed by atoms with van der Waals surface area (Å²) in [6.07, 6.45) is 1.08. The van der Waals surface area contributed by atoms with Gasteiger partial charge >= 0.3 is 5.97 Å². The van der Waals surface area contributed by atoms with Crippen LogP contribution in [0.3, 0.4) is 0 Å². The zero-order chi connectivity index (χ0) is 22.6. The van der Waals surface area contributed by atoms with Crippen molar-refractivity contribution in [3.8, 4) is 11.1 Å². The first kappa shape index (κ1) is 21.4. The molecule has 0 aliphatic carbocycles. The van der Waals surface area contributed by atoms with Crippen LogP contribution in [0.4, 0.5) is 0 Å². The minimum atomic E-state index is -0.909. The maximum Gasteiger partial charge on any atom is 0.335 e. The zero-order valence-corrected chi connectivity index (χ0v) is 18.4. The minimum Gasteiger partial charge on any atom is -0.478 e. The number of ether oxygens (including phenoxy) is 1. The number of carboxylic acid groups (broad SMARTS) is 1. The highest BCUT2D eigenvalue weighted by atomic mass is 16.5. The molecule has 0 aromatic heterocycles. The van der Waals surface area contributed by atoms with Gasteiger partial charge in [-0.3, -0.25) is 0 Å². The van der Waals surface area contributed by atoms with E-state index in [1.54, 1.807) is 18.2 Å². The summed E-state index contributed by atoms with van der Waals surface area (Å²) in [6.45, 7) is 2.35. The number of aromatic carboxylic acids is 1. The molecule has 0 bridgehead atoms. The van der Waals surface area contributed by atoms with Crippen LogP contribution in [0.25, 0.3) is 21.9 Å². The third-order valence-electron chi connectivity index (χ3n) is 6.46. The van der Waals surface area contributed by atoms with Gasteiger partial charge in [-0.25, -0.2) is 4.79 Å². The molecule has 1 heterocycles. The summed E-state index contributed by atoms with van der Waals surface area (Å²) < 4.78 is 6.44. The van der Waals surface area contributed by atoms with Crippen LogP contribution in [0.15, 0.2) is 91.0 Å². The van der Waals surface area contributed by atoms with Crippen molar-refractivity contribution in [1.82, 2.24) is 5.32 Å². The standard InChI is InChI=1S/C29H27NO3/c31-29(32)26-10-4-8-24(17-26)23-7-3-9-25(16-23)27-13-14-30-18-28(27)33-19-20-11-12-21-5-1-2-6-22(21)15-20/h1-12,15-17,27-28,30H,13-14,18-19H2,(H,31,32). The van der Waals surface area contributed by atoms with Gasteiger partial charge in [-0.2, -0.15) is 0 Å². The van der Waals surface area contributed by atoms with Crippen molar-refractivity contribution in [3.05, 3.63) is 108 Å². The van der Waals surface area contributed by atoms with E-state index in [1.165, 1.54) is 21.9 Å². The van der Waals surface area contributed by atoms with Gasteiger partial charge in [0.1, 0.15) is 0 Å². The number of carboxylic acids is 1. The van der Waals surface area contributed by atoms with Gasteiger partial charge in [-0.05, 0) is 64.2 Å². The van der Waals surface area contributed by atoms with E-state index in [1.807, 2.05) is 12.1 Å². The average molecular weight is 438 g/mol. The number of carbonyl (C=O) groups is 1. The number of hydrogen-bond acceptors (Lipinski definition) is 3. The maximum atomic E-state index is 11.4. The molecule has 1 aliphatic rings. The van der Waals surface area contributed by atoms with Crippen LogP contribution in [-0.4, -0.2) is 30.3 Å². The SMILES string of the molecule is O=C(O)c1cccc(-c2cccc(C3CCNCC3OCc3ccc4ccccc4c3)c2)c1. The molecule has 1 saturated heterocycles.